The zero-order chi connectivity index (χ0) is 7.84. The van der Waals surface area contributed by atoms with Crippen molar-refractivity contribution in [3.63, 3.8) is 0 Å². The molecule has 2 aromatic rings. The minimum atomic E-state index is -0.172. The van der Waals surface area contributed by atoms with Gasteiger partial charge in [-0.15, -0.1) is 11.3 Å². The summed E-state index contributed by atoms with van der Waals surface area (Å²) in [6, 6.07) is 5.07. The molecular formula is C9H6FS. The highest BCUT2D eigenvalue weighted by Crippen LogP contribution is 2.26. The summed E-state index contributed by atoms with van der Waals surface area (Å²) in [5.74, 6) is -0.172. The van der Waals surface area contributed by atoms with Crippen LogP contribution in [0.25, 0.3) is 10.8 Å². The lowest BCUT2D eigenvalue weighted by atomic mass is 10.2. The molecule has 1 aromatic heterocycles. The van der Waals surface area contributed by atoms with Crippen molar-refractivity contribution in [1.82, 2.24) is 0 Å². The van der Waals surface area contributed by atoms with Gasteiger partial charge in [-0.1, -0.05) is 12.1 Å². The fourth-order valence-electron chi connectivity index (χ4n) is 1.13. The largest absolute Gasteiger partial charge is 0.206 e. The molecule has 0 aliphatic carbocycles. The average molecular weight is 165 g/mol. The summed E-state index contributed by atoms with van der Waals surface area (Å²) in [4.78, 5) is 0.804. The van der Waals surface area contributed by atoms with Crippen LogP contribution in [-0.4, -0.2) is 0 Å². The van der Waals surface area contributed by atoms with Gasteiger partial charge in [-0.2, -0.15) is 0 Å². The van der Waals surface area contributed by atoms with Gasteiger partial charge in [0.2, 0.25) is 0 Å². The maximum atomic E-state index is 13.0. The predicted octanol–water partition coefficient (Wildman–Crippen LogP) is 3.22. The summed E-state index contributed by atoms with van der Waals surface area (Å²) in [6.07, 6.45) is 0. The molecule has 11 heavy (non-hydrogen) atoms. The van der Waals surface area contributed by atoms with Crippen LogP contribution in [0.15, 0.2) is 23.6 Å². The molecule has 0 aliphatic rings. The smallest absolute Gasteiger partial charge is 0.132 e. The Bertz CT molecular complexity index is 389. The van der Waals surface area contributed by atoms with Crippen molar-refractivity contribution in [2.24, 2.45) is 0 Å². The second-order valence-electron chi connectivity index (χ2n) is 2.36. The van der Waals surface area contributed by atoms with Crippen molar-refractivity contribution in [3.05, 3.63) is 41.2 Å². The number of fused-ring (bicyclic) bond motifs is 1. The number of hydrogen-bond acceptors (Lipinski definition) is 1. The Balaban J connectivity index is 2.96. The van der Waals surface area contributed by atoms with E-state index < -0.39 is 0 Å². The maximum Gasteiger partial charge on any atom is 0.132 e. The third-order valence-electron chi connectivity index (χ3n) is 1.65. The van der Waals surface area contributed by atoms with E-state index in [0.29, 0.717) is 5.39 Å². The van der Waals surface area contributed by atoms with Gasteiger partial charge in [0.1, 0.15) is 5.82 Å². The summed E-state index contributed by atoms with van der Waals surface area (Å²) in [5, 5.41) is 3.53. The summed E-state index contributed by atoms with van der Waals surface area (Å²) in [6.45, 7) is 3.75. The Kier molecular flexibility index (Phi) is 1.43. The SMILES string of the molecule is [CH2]c1scc2cccc(F)c12. The fraction of sp³-hybridized carbons (Fsp3) is 0. The highest BCUT2D eigenvalue weighted by atomic mass is 32.1. The summed E-state index contributed by atoms with van der Waals surface area (Å²) in [7, 11) is 0. The fourth-order valence-corrected chi connectivity index (χ4v) is 1.93. The van der Waals surface area contributed by atoms with Crippen molar-refractivity contribution in [2.45, 2.75) is 0 Å². The van der Waals surface area contributed by atoms with E-state index in [-0.39, 0.29) is 5.82 Å². The van der Waals surface area contributed by atoms with Crippen molar-refractivity contribution in [1.29, 1.82) is 0 Å². The molecule has 2 heteroatoms. The van der Waals surface area contributed by atoms with E-state index in [1.165, 1.54) is 17.4 Å². The Labute approximate surface area is 68.3 Å². The molecule has 2 rings (SSSR count). The zero-order valence-electron chi connectivity index (χ0n) is 5.80. The number of hydrogen-bond donors (Lipinski definition) is 0. The lowest BCUT2D eigenvalue weighted by molar-refractivity contribution is 0.640. The van der Waals surface area contributed by atoms with Gasteiger partial charge in [0.05, 0.1) is 0 Å². The standard InChI is InChI=1S/C9H6FS/c1-6-9-7(5-11-6)3-2-4-8(9)10/h2-5H,1H2. The lowest BCUT2D eigenvalue weighted by Gasteiger charge is -1.91. The van der Waals surface area contributed by atoms with E-state index in [4.69, 9.17) is 0 Å². The predicted molar refractivity (Wildman–Crippen MR) is 46.2 cm³/mol. The molecule has 1 aromatic carbocycles. The molecule has 0 N–H and O–H groups in total. The molecular weight excluding hydrogens is 159 g/mol. The van der Waals surface area contributed by atoms with Crippen LogP contribution in [0.5, 0.6) is 0 Å². The first-order chi connectivity index (χ1) is 5.29. The first-order valence-corrected chi connectivity index (χ1v) is 4.14. The molecule has 0 fully saturated rings. The van der Waals surface area contributed by atoms with E-state index in [0.717, 1.165) is 10.3 Å². The molecule has 55 valence electrons. The van der Waals surface area contributed by atoms with Crippen molar-refractivity contribution >= 4 is 22.1 Å². The summed E-state index contributed by atoms with van der Waals surface area (Å²) >= 11 is 1.48. The zero-order valence-corrected chi connectivity index (χ0v) is 6.62. The van der Waals surface area contributed by atoms with Crippen LogP contribution in [-0.2, 0) is 0 Å². The van der Waals surface area contributed by atoms with Gasteiger partial charge >= 0.3 is 0 Å². The van der Waals surface area contributed by atoms with Crippen LogP contribution < -0.4 is 0 Å². The van der Waals surface area contributed by atoms with Gasteiger partial charge < -0.3 is 0 Å². The molecule has 0 saturated carbocycles. The van der Waals surface area contributed by atoms with E-state index in [1.54, 1.807) is 6.07 Å². The molecule has 0 atom stereocenters. The lowest BCUT2D eigenvalue weighted by Crippen LogP contribution is -1.74. The molecule has 0 unspecified atom stereocenters. The molecule has 0 nitrogen and oxygen atoms in total. The van der Waals surface area contributed by atoms with Gasteiger partial charge in [0.25, 0.3) is 0 Å². The van der Waals surface area contributed by atoms with Crippen LogP contribution in [0, 0.1) is 12.7 Å². The van der Waals surface area contributed by atoms with Gasteiger partial charge in [0, 0.05) is 10.3 Å². The minimum Gasteiger partial charge on any atom is -0.206 e. The normalized spacial score (nSPS) is 10.7. The Hall–Kier alpha value is -0.890. The van der Waals surface area contributed by atoms with Crippen molar-refractivity contribution in [2.75, 3.05) is 0 Å². The van der Waals surface area contributed by atoms with E-state index >= 15 is 0 Å². The van der Waals surface area contributed by atoms with Gasteiger partial charge in [-0.05, 0) is 23.8 Å². The van der Waals surface area contributed by atoms with Crippen LogP contribution in [0.1, 0.15) is 4.88 Å². The third kappa shape index (κ3) is 0.942. The maximum absolute atomic E-state index is 13.0. The quantitative estimate of drug-likeness (QED) is 0.562. The highest BCUT2D eigenvalue weighted by molar-refractivity contribution is 7.11. The van der Waals surface area contributed by atoms with Crippen LogP contribution in [0.4, 0.5) is 4.39 Å². The van der Waals surface area contributed by atoms with Crippen LogP contribution in [0.2, 0.25) is 0 Å². The first kappa shape index (κ1) is 6.80. The second kappa shape index (κ2) is 2.31. The molecule has 0 amide bonds. The summed E-state index contributed by atoms with van der Waals surface area (Å²) in [5.41, 5.74) is 0. The topological polar surface area (TPSA) is 0 Å². The first-order valence-electron chi connectivity index (χ1n) is 3.27. The van der Waals surface area contributed by atoms with E-state index in [2.05, 4.69) is 6.92 Å². The Morgan fingerprint density at radius 1 is 1.36 bits per heavy atom. The second-order valence-corrected chi connectivity index (χ2v) is 3.33. The van der Waals surface area contributed by atoms with Gasteiger partial charge in [-0.3, -0.25) is 0 Å². The minimum absolute atomic E-state index is 0.172. The highest BCUT2D eigenvalue weighted by Gasteiger charge is 2.03. The van der Waals surface area contributed by atoms with E-state index in [9.17, 15) is 4.39 Å². The third-order valence-corrected chi connectivity index (χ3v) is 2.51. The van der Waals surface area contributed by atoms with Crippen molar-refractivity contribution in [3.8, 4) is 0 Å². The van der Waals surface area contributed by atoms with Crippen LogP contribution >= 0.6 is 11.3 Å². The molecule has 0 saturated heterocycles. The monoisotopic (exact) mass is 165 g/mol. The average Bonchev–Trinajstić information content (AvgIpc) is 2.34. The van der Waals surface area contributed by atoms with Crippen LogP contribution in [0.3, 0.4) is 0 Å². The molecule has 0 bridgehead atoms. The number of benzene rings is 1. The van der Waals surface area contributed by atoms with Crippen molar-refractivity contribution < 1.29 is 4.39 Å². The Morgan fingerprint density at radius 2 is 2.18 bits per heavy atom. The number of halogens is 1. The Morgan fingerprint density at radius 3 is 2.91 bits per heavy atom. The number of thiophene rings is 1. The molecule has 0 spiro atoms. The van der Waals surface area contributed by atoms with Gasteiger partial charge in [0.15, 0.2) is 0 Å². The molecule has 0 aliphatic heterocycles. The number of rotatable bonds is 0. The van der Waals surface area contributed by atoms with E-state index in [1.807, 2.05) is 11.4 Å². The molecule has 1 heterocycles. The molecule has 1 radical (unpaired) electrons. The van der Waals surface area contributed by atoms with Gasteiger partial charge in [-0.25, -0.2) is 4.39 Å². The summed E-state index contributed by atoms with van der Waals surface area (Å²) < 4.78 is 13.0.